The average Bonchev–Trinajstić information content (AvgIpc) is 2.54. The van der Waals surface area contributed by atoms with Crippen LogP contribution >= 0.6 is 11.6 Å². The zero-order valence-corrected chi connectivity index (χ0v) is 12.7. The molecule has 0 aliphatic carbocycles. The van der Waals surface area contributed by atoms with Crippen LogP contribution in [0.2, 0.25) is 5.15 Å². The zero-order valence-electron chi connectivity index (χ0n) is 11.9. The van der Waals surface area contributed by atoms with Crippen LogP contribution in [0, 0.1) is 0 Å². The van der Waals surface area contributed by atoms with E-state index in [1.54, 1.807) is 30.3 Å². The van der Waals surface area contributed by atoms with Gasteiger partial charge in [0.15, 0.2) is 0 Å². The summed E-state index contributed by atoms with van der Waals surface area (Å²) < 4.78 is 0. The van der Waals surface area contributed by atoms with Crippen molar-refractivity contribution in [3.63, 3.8) is 0 Å². The Morgan fingerprint density at radius 2 is 1.74 bits per heavy atom. The molecular formula is C17H12ClN3O2. The largest absolute Gasteiger partial charge is 0.366 e. The quantitative estimate of drug-likeness (QED) is 0.725. The minimum atomic E-state index is -0.519. The first-order valence-corrected chi connectivity index (χ1v) is 7.19. The first kappa shape index (κ1) is 15.0. The number of anilines is 1. The lowest BCUT2D eigenvalue weighted by atomic mass is 10.1. The van der Waals surface area contributed by atoms with Gasteiger partial charge < -0.3 is 11.1 Å². The predicted octanol–water partition coefficient (Wildman–Crippen LogP) is 3.24. The molecule has 0 aliphatic heterocycles. The Balaban J connectivity index is 1.93. The van der Waals surface area contributed by atoms with Crippen LogP contribution in [0.1, 0.15) is 20.7 Å². The van der Waals surface area contributed by atoms with Crippen LogP contribution in [0.4, 0.5) is 5.69 Å². The molecule has 1 heterocycles. The Kier molecular flexibility index (Phi) is 3.95. The predicted molar refractivity (Wildman–Crippen MR) is 89.7 cm³/mol. The van der Waals surface area contributed by atoms with Crippen molar-refractivity contribution in [1.82, 2.24) is 4.98 Å². The zero-order chi connectivity index (χ0) is 16.4. The van der Waals surface area contributed by atoms with Crippen LogP contribution in [0.15, 0.2) is 54.6 Å². The van der Waals surface area contributed by atoms with Gasteiger partial charge in [0, 0.05) is 16.6 Å². The van der Waals surface area contributed by atoms with Gasteiger partial charge in [-0.25, -0.2) is 4.98 Å². The average molecular weight is 326 g/mol. The van der Waals surface area contributed by atoms with E-state index in [2.05, 4.69) is 10.3 Å². The fraction of sp³-hybridized carbons (Fsp3) is 0. The smallest absolute Gasteiger partial charge is 0.256 e. The van der Waals surface area contributed by atoms with Gasteiger partial charge in [0.2, 0.25) is 5.91 Å². The van der Waals surface area contributed by atoms with E-state index in [4.69, 9.17) is 17.3 Å². The summed E-state index contributed by atoms with van der Waals surface area (Å²) in [5.41, 5.74) is 7.19. The normalized spacial score (nSPS) is 10.5. The Bertz CT molecular complexity index is 907. The van der Waals surface area contributed by atoms with Crippen molar-refractivity contribution in [2.75, 3.05) is 5.32 Å². The van der Waals surface area contributed by atoms with E-state index in [-0.39, 0.29) is 11.1 Å². The highest BCUT2D eigenvalue weighted by molar-refractivity contribution is 6.30. The molecule has 0 bridgehead atoms. The van der Waals surface area contributed by atoms with Gasteiger partial charge >= 0.3 is 0 Å². The molecule has 114 valence electrons. The van der Waals surface area contributed by atoms with Crippen molar-refractivity contribution in [2.45, 2.75) is 0 Å². The summed E-state index contributed by atoms with van der Waals surface area (Å²) in [7, 11) is 0. The first-order valence-electron chi connectivity index (χ1n) is 6.81. The molecule has 0 fully saturated rings. The maximum absolute atomic E-state index is 12.5. The lowest BCUT2D eigenvalue weighted by molar-refractivity contribution is 0.0998. The molecular weight excluding hydrogens is 314 g/mol. The van der Waals surface area contributed by atoms with Gasteiger partial charge in [-0.15, -0.1) is 0 Å². The maximum Gasteiger partial charge on any atom is 0.256 e. The Morgan fingerprint density at radius 3 is 2.43 bits per heavy atom. The van der Waals surface area contributed by atoms with Crippen molar-refractivity contribution >= 4 is 40.0 Å². The number of nitrogens with two attached hydrogens (primary N) is 1. The van der Waals surface area contributed by atoms with E-state index in [1.807, 2.05) is 18.2 Å². The highest BCUT2D eigenvalue weighted by Crippen LogP contribution is 2.22. The number of fused-ring (bicyclic) bond motifs is 1. The number of halogens is 1. The molecule has 2 aromatic carbocycles. The highest BCUT2D eigenvalue weighted by Gasteiger charge is 2.13. The van der Waals surface area contributed by atoms with Crippen LogP contribution in [0.3, 0.4) is 0 Å². The number of nitrogens with zero attached hydrogens (tertiary/aromatic N) is 1. The molecule has 0 saturated carbocycles. The fourth-order valence-corrected chi connectivity index (χ4v) is 2.45. The second kappa shape index (κ2) is 6.06. The number of carbonyl (C=O) groups excluding carboxylic acids is 2. The molecule has 3 rings (SSSR count). The van der Waals surface area contributed by atoms with E-state index >= 15 is 0 Å². The third kappa shape index (κ3) is 3.14. The third-order valence-electron chi connectivity index (χ3n) is 3.36. The molecule has 3 aromatic rings. The van der Waals surface area contributed by atoms with Gasteiger partial charge in [-0.3, -0.25) is 9.59 Å². The Hall–Kier alpha value is -2.92. The monoisotopic (exact) mass is 325 g/mol. The van der Waals surface area contributed by atoms with Crippen LogP contribution in [-0.2, 0) is 0 Å². The number of hydrogen-bond acceptors (Lipinski definition) is 3. The Labute approximate surface area is 137 Å². The van der Waals surface area contributed by atoms with E-state index in [9.17, 15) is 9.59 Å². The standard InChI is InChI=1S/C17H12ClN3O2/c18-15-9-13(12-3-1-2-4-14(12)21-15)17(23)20-11-7-5-10(6-8-11)16(19)22/h1-9H,(H2,19,22)(H,20,23). The van der Waals surface area contributed by atoms with Gasteiger partial charge in [-0.2, -0.15) is 0 Å². The summed E-state index contributed by atoms with van der Waals surface area (Å²) in [4.78, 5) is 27.8. The molecule has 5 nitrogen and oxygen atoms in total. The molecule has 3 N–H and O–H groups in total. The molecule has 0 spiro atoms. The molecule has 0 saturated heterocycles. The summed E-state index contributed by atoms with van der Waals surface area (Å²) in [5, 5.41) is 3.73. The fourth-order valence-electron chi connectivity index (χ4n) is 2.25. The molecule has 0 radical (unpaired) electrons. The van der Waals surface area contributed by atoms with Crippen LogP contribution in [0.5, 0.6) is 0 Å². The number of nitrogens with one attached hydrogen (secondary N) is 1. The number of primary amides is 1. The van der Waals surface area contributed by atoms with Crippen molar-refractivity contribution < 1.29 is 9.59 Å². The highest BCUT2D eigenvalue weighted by atomic mass is 35.5. The number of hydrogen-bond donors (Lipinski definition) is 2. The van der Waals surface area contributed by atoms with Crippen molar-refractivity contribution in [1.29, 1.82) is 0 Å². The summed E-state index contributed by atoms with van der Waals surface area (Å²) >= 11 is 5.98. The van der Waals surface area contributed by atoms with Gasteiger partial charge in [-0.05, 0) is 36.4 Å². The van der Waals surface area contributed by atoms with Gasteiger partial charge in [-0.1, -0.05) is 29.8 Å². The third-order valence-corrected chi connectivity index (χ3v) is 3.55. The summed E-state index contributed by atoms with van der Waals surface area (Å²) in [5.74, 6) is -0.827. The number of benzene rings is 2. The van der Waals surface area contributed by atoms with Crippen molar-refractivity contribution in [2.24, 2.45) is 5.73 Å². The van der Waals surface area contributed by atoms with Crippen LogP contribution < -0.4 is 11.1 Å². The van der Waals surface area contributed by atoms with Crippen LogP contribution in [-0.4, -0.2) is 16.8 Å². The molecule has 23 heavy (non-hydrogen) atoms. The number of carbonyl (C=O) groups is 2. The molecule has 0 atom stereocenters. The molecule has 1 aromatic heterocycles. The lowest BCUT2D eigenvalue weighted by Gasteiger charge is -2.09. The second-order valence-corrected chi connectivity index (χ2v) is 5.29. The number of aromatic nitrogens is 1. The lowest BCUT2D eigenvalue weighted by Crippen LogP contribution is -2.14. The molecule has 6 heteroatoms. The summed E-state index contributed by atoms with van der Waals surface area (Å²) in [6, 6.07) is 15.1. The van der Waals surface area contributed by atoms with Gasteiger partial charge in [0.05, 0.1) is 11.1 Å². The Morgan fingerprint density at radius 1 is 1.04 bits per heavy atom. The molecule has 0 aliphatic rings. The summed E-state index contributed by atoms with van der Waals surface area (Å²) in [6.07, 6.45) is 0. The van der Waals surface area contributed by atoms with E-state index in [0.717, 1.165) is 0 Å². The number of para-hydroxylation sites is 1. The minimum Gasteiger partial charge on any atom is -0.366 e. The minimum absolute atomic E-state index is 0.248. The van der Waals surface area contributed by atoms with E-state index in [1.165, 1.54) is 6.07 Å². The van der Waals surface area contributed by atoms with Crippen molar-refractivity contribution in [3.8, 4) is 0 Å². The second-order valence-electron chi connectivity index (χ2n) is 4.91. The van der Waals surface area contributed by atoms with Crippen LogP contribution in [0.25, 0.3) is 10.9 Å². The molecule has 2 amide bonds. The number of pyridine rings is 1. The van der Waals surface area contributed by atoms with Gasteiger partial charge in [0.25, 0.3) is 5.91 Å². The SMILES string of the molecule is NC(=O)c1ccc(NC(=O)c2cc(Cl)nc3ccccc23)cc1. The van der Waals surface area contributed by atoms with Crippen molar-refractivity contribution in [3.05, 3.63) is 70.9 Å². The van der Waals surface area contributed by atoms with E-state index < -0.39 is 5.91 Å². The molecule has 0 unspecified atom stereocenters. The number of rotatable bonds is 3. The van der Waals surface area contributed by atoms with Gasteiger partial charge in [0.1, 0.15) is 5.15 Å². The number of amides is 2. The van der Waals surface area contributed by atoms with E-state index in [0.29, 0.717) is 27.7 Å². The maximum atomic E-state index is 12.5. The topological polar surface area (TPSA) is 85.1 Å². The summed E-state index contributed by atoms with van der Waals surface area (Å²) in [6.45, 7) is 0. The first-order chi connectivity index (χ1) is 11.0.